The van der Waals surface area contributed by atoms with Crippen molar-refractivity contribution in [3.8, 4) is 0 Å². The summed E-state index contributed by atoms with van der Waals surface area (Å²) in [6.45, 7) is 8.09. The minimum Gasteiger partial charge on any atom is -0.393 e. The van der Waals surface area contributed by atoms with E-state index in [4.69, 9.17) is 9.47 Å². The maximum Gasteiger partial charge on any atom is 0.178 e. The fourth-order valence-corrected chi connectivity index (χ4v) is 9.40. The van der Waals surface area contributed by atoms with Crippen LogP contribution in [0.15, 0.2) is 53.2 Å². The largest absolute Gasteiger partial charge is 0.393 e. The van der Waals surface area contributed by atoms with Crippen molar-refractivity contribution >= 4 is 23.3 Å². The molecule has 0 spiro atoms. The number of allylic oxidation sites excluding steroid dienone is 4. The lowest BCUT2D eigenvalue weighted by atomic mass is 9.46. The zero-order valence-corrected chi connectivity index (χ0v) is 22.2. The number of carbonyl (C=O) groups excluding carboxylic acids is 2. The van der Waals surface area contributed by atoms with E-state index in [0.717, 1.165) is 29.9 Å². The lowest BCUT2D eigenvalue weighted by molar-refractivity contribution is -0.223. The topological polar surface area (TPSA) is 85.7 Å². The molecule has 36 heavy (non-hydrogen) atoms. The van der Waals surface area contributed by atoms with Gasteiger partial charge in [-0.2, -0.15) is 0 Å². The Morgan fingerprint density at radius 2 is 2.06 bits per heavy atom. The van der Waals surface area contributed by atoms with E-state index in [1.165, 1.54) is 11.8 Å². The molecule has 1 saturated heterocycles. The van der Waals surface area contributed by atoms with Crippen LogP contribution in [0.2, 0.25) is 0 Å². The Labute approximate surface area is 216 Å². The first-order valence-corrected chi connectivity index (χ1v) is 14.1. The number of hydrogen-bond acceptors (Lipinski definition) is 7. The van der Waals surface area contributed by atoms with E-state index in [0.29, 0.717) is 6.42 Å². The summed E-state index contributed by atoms with van der Waals surface area (Å²) in [5, 5.41) is 12.6. The van der Waals surface area contributed by atoms with Crippen molar-refractivity contribution in [1.29, 1.82) is 0 Å². The van der Waals surface area contributed by atoms with Gasteiger partial charge in [0.2, 0.25) is 0 Å². The molecule has 0 aromatic carbocycles. The number of ketones is 2. The summed E-state index contributed by atoms with van der Waals surface area (Å²) in [6.07, 6.45) is 9.17. The summed E-state index contributed by atoms with van der Waals surface area (Å²) < 4.78 is 13.1. The first-order chi connectivity index (χ1) is 17.0. The van der Waals surface area contributed by atoms with Crippen LogP contribution in [-0.4, -0.2) is 51.0 Å². The van der Waals surface area contributed by atoms with E-state index in [1.54, 1.807) is 18.3 Å². The molecule has 7 heteroatoms. The van der Waals surface area contributed by atoms with Crippen LogP contribution in [-0.2, 0) is 19.1 Å². The molecule has 6 rings (SSSR count). The maximum absolute atomic E-state index is 14.2. The van der Waals surface area contributed by atoms with Crippen molar-refractivity contribution in [2.24, 2.45) is 28.6 Å². The second kappa shape index (κ2) is 8.10. The first-order valence-electron chi connectivity index (χ1n) is 13.1. The van der Waals surface area contributed by atoms with E-state index >= 15 is 0 Å². The number of hydrogen-bond donors (Lipinski definition) is 1. The van der Waals surface area contributed by atoms with Gasteiger partial charge < -0.3 is 14.6 Å². The van der Waals surface area contributed by atoms with Crippen LogP contribution in [0.1, 0.15) is 53.4 Å². The van der Waals surface area contributed by atoms with Gasteiger partial charge in [0.05, 0.1) is 23.0 Å². The fourth-order valence-electron chi connectivity index (χ4n) is 8.60. The number of aliphatic hydroxyl groups excluding tert-OH is 1. The molecule has 1 aliphatic heterocycles. The van der Waals surface area contributed by atoms with Gasteiger partial charge in [0.25, 0.3) is 0 Å². The molecule has 3 saturated carbocycles. The third kappa shape index (κ3) is 3.32. The maximum atomic E-state index is 14.2. The van der Waals surface area contributed by atoms with Crippen LogP contribution in [0.25, 0.3) is 0 Å². The molecule has 0 radical (unpaired) electrons. The number of pyridine rings is 1. The number of aromatic nitrogens is 1. The highest BCUT2D eigenvalue weighted by atomic mass is 32.2. The highest BCUT2D eigenvalue weighted by Crippen LogP contribution is 2.70. The molecule has 1 aromatic heterocycles. The van der Waals surface area contributed by atoms with Crippen LogP contribution >= 0.6 is 11.8 Å². The van der Waals surface area contributed by atoms with Gasteiger partial charge in [0.1, 0.15) is 0 Å². The standard InChI is InChI=1S/C29H35NO5S/c1-26(2)34-23-14-20-19-9-8-17-13-18(31)10-11-27(17,3)25(19)21(32)15-28(20,4)29(23,35-26)22(33)16-36-24-7-5-6-12-30-24/h5-7,10-13,19-21,23,25,32H,8-9,14-16H2,1-4H3/t19?,20?,21-,23+,25?,27?,28?,29-/m0/s1. The third-order valence-corrected chi connectivity index (χ3v) is 10.8. The van der Waals surface area contributed by atoms with Gasteiger partial charge in [-0.05, 0) is 75.7 Å². The Balaban J connectivity index is 1.36. The Kier molecular flexibility index (Phi) is 5.52. The molecule has 4 fully saturated rings. The number of aliphatic hydroxyl groups is 1. The van der Waals surface area contributed by atoms with E-state index in [1.807, 2.05) is 38.1 Å². The Bertz CT molecular complexity index is 1160. The monoisotopic (exact) mass is 509 g/mol. The van der Waals surface area contributed by atoms with E-state index < -0.39 is 22.9 Å². The smallest absolute Gasteiger partial charge is 0.178 e. The normalized spacial score (nSPS) is 44.3. The van der Waals surface area contributed by atoms with Crippen LogP contribution in [0, 0.1) is 28.6 Å². The van der Waals surface area contributed by atoms with Crippen LogP contribution in [0.4, 0.5) is 0 Å². The molecule has 4 aliphatic carbocycles. The molecular weight excluding hydrogens is 474 g/mol. The summed E-state index contributed by atoms with van der Waals surface area (Å²) >= 11 is 1.43. The zero-order valence-electron chi connectivity index (χ0n) is 21.4. The Morgan fingerprint density at radius 1 is 1.25 bits per heavy atom. The van der Waals surface area contributed by atoms with E-state index in [2.05, 4.69) is 18.8 Å². The lowest BCUT2D eigenvalue weighted by Gasteiger charge is -2.60. The number of Topliss-reactive ketones (excluding diaryl/α,β-unsaturated/α-hetero) is 1. The molecular formula is C29H35NO5S. The molecule has 6 nitrogen and oxygen atoms in total. The van der Waals surface area contributed by atoms with Crippen molar-refractivity contribution in [1.82, 2.24) is 4.98 Å². The van der Waals surface area contributed by atoms with Gasteiger partial charge in [0, 0.05) is 22.9 Å². The molecule has 1 aromatic rings. The summed E-state index contributed by atoms with van der Waals surface area (Å²) in [5.74, 6) is -0.169. The summed E-state index contributed by atoms with van der Waals surface area (Å²) in [5.41, 5.74) is -0.880. The highest BCUT2D eigenvalue weighted by molar-refractivity contribution is 7.99. The lowest BCUT2D eigenvalue weighted by Crippen LogP contribution is -2.63. The zero-order chi connectivity index (χ0) is 25.5. The van der Waals surface area contributed by atoms with Gasteiger partial charge in [-0.25, -0.2) is 4.98 Å². The number of rotatable bonds is 4. The number of carbonyl (C=O) groups is 2. The number of ether oxygens (including phenoxy) is 2. The second-order valence-electron chi connectivity index (χ2n) is 12.2. The molecule has 1 N–H and O–H groups in total. The van der Waals surface area contributed by atoms with Gasteiger partial charge in [0.15, 0.2) is 23.0 Å². The molecule has 5 aliphatic rings. The third-order valence-electron chi connectivity index (χ3n) is 9.89. The minimum atomic E-state index is -1.11. The highest BCUT2D eigenvalue weighted by Gasteiger charge is 2.76. The quantitative estimate of drug-likeness (QED) is 0.597. The molecule has 192 valence electrons. The van der Waals surface area contributed by atoms with Crippen LogP contribution in [0.3, 0.4) is 0 Å². The number of thioether (sulfide) groups is 1. The minimum absolute atomic E-state index is 0.00167. The summed E-state index contributed by atoms with van der Waals surface area (Å²) in [4.78, 5) is 30.6. The van der Waals surface area contributed by atoms with Crippen molar-refractivity contribution in [3.63, 3.8) is 0 Å². The number of nitrogens with zero attached hydrogens (tertiary/aromatic N) is 1. The fraction of sp³-hybridized carbons (Fsp3) is 0.621. The van der Waals surface area contributed by atoms with Crippen molar-refractivity contribution in [2.75, 3.05) is 5.75 Å². The molecule has 0 bridgehead atoms. The molecule has 2 heterocycles. The summed E-state index contributed by atoms with van der Waals surface area (Å²) in [6, 6.07) is 5.69. The van der Waals surface area contributed by atoms with Gasteiger partial charge in [-0.1, -0.05) is 43.3 Å². The first kappa shape index (κ1) is 24.5. The second-order valence-corrected chi connectivity index (χ2v) is 13.2. The van der Waals surface area contributed by atoms with Crippen LogP contribution in [0.5, 0.6) is 0 Å². The molecule has 0 amide bonds. The summed E-state index contributed by atoms with van der Waals surface area (Å²) in [7, 11) is 0. The average molecular weight is 510 g/mol. The van der Waals surface area contributed by atoms with E-state index in [-0.39, 0.29) is 46.6 Å². The Morgan fingerprint density at radius 3 is 2.81 bits per heavy atom. The Hall–Kier alpha value is -1.80. The SMILES string of the molecule is CC1(C)O[C@@H]2CC3C4CCC5=CC(=O)C=CC5(C)C4[C@@H](O)CC3(C)[C@@]2(C(=O)CSc2ccccn2)O1. The van der Waals surface area contributed by atoms with Gasteiger partial charge in [-0.3, -0.25) is 9.59 Å². The average Bonchev–Trinajstić information content (AvgIpc) is 3.24. The molecule has 5 unspecified atom stereocenters. The van der Waals surface area contributed by atoms with Crippen molar-refractivity contribution in [3.05, 3.63) is 48.2 Å². The predicted octanol–water partition coefficient (Wildman–Crippen LogP) is 4.52. The van der Waals surface area contributed by atoms with E-state index in [9.17, 15) is 14.7 Å². The van der Waals surface area contributed by atoms with Gasteiger partial charge in [-0.15, -0.1) is 0 Å². The van der Waals surface area contributed by atoms with Gasteiger partial charge >= 0.3 is 0 Å². The van der Waals surface area contributed by atoms with Crippen LogP contribution < -0.4 is 0 Å². The number of fused-ring (bicyclic) bond motifs is 7. The molecule has 8 atom stereocenters. The predicted molar refractivity (Wildman–Crippen MR) is 136 cm³/mol. The van der Waals surface area contributed by atoms with Crippen molar-refractivity contribution < 1.29 is 24.2 Å². The van der Waals surface area contributed by atoms with Crippen molar-refractivity contribution in [2.45, 2.75) is 82.0 Å².